The maximum atomic E-state index is 14.8. The van der Waals surface area contributed by atoms with E-state index in [4.69, 9.17) is 9.57 Å². The van der Waals surface area contributed by atoms with Gasteiger partial charge in [0.25, 0.3) is 5.92 Å². The van der Waals surface area contributed by atoms with E-state index in [1.54, 1.807) is 12.1 Å². The number of alkyl halides is 3. The Balaban J connectivity index is 1.59. The number of halogens is 3. The summed E-state index contributed by atoms with van der Waals surface area (Å²) in [6.07, 6.45) is -1.72. The van der Waals surface area contributed by atoms with Gasteiger partial charge in [-0.05, 0) is 19.4 Å². The second kappa shape index (κ2) is 7.17. The number of carbonyl (C=O) groups is 1. The van der Waals surface area contributed by atoms with Crippen molar-refractivity contribution in [2.24, 2.45) is 5.41 Å². The van der Waals surface area contributed by atoms with Crippen molar-refractivity contribution >= 4 is 5.97 Å². The number of esters is 1. The van der Waals surface area contributed by atoms with Gasteiger partial charge in [-0.2, -0.15) is 5.06 Å². The lowest BCUT2D eigenvalue weighted by Gasteiger charge is -2.32. The number of hydrogen-bond acceptors (Lipinski definition) is 5. The van der Waals surface area contributed by atoms with Crippen LogP contribution in [0.4, 0.5) is 13.2 Å². The first-order valence-electron chi connectivity index (χ1n) is 8.58. The molecule has 2 aliphatic heterocycles. The van der Waals surface area contributed by atoms with E-state index in [1.807, 2.05) is 18.2 Å². The fraction of sp³-hybridized carbons (Fsp3) is 0.611. The van der Waals surface area contributed by atoms with Crippen LogP contribution in [0.1, 0.15) is 19.4 Å². The molecular formula is C18H23F3N2O3. The van der Waals surface area contributed by atoms with Crippen LogP contribution in [0.5, 0.6) is 0 Å². The molecule has 1 aromatic carbocycles. The van der Waals surface area contributed by atoms with Gasteiger partial charge in [0.05, 0.1) is 31.2 Å². The van der Waals surface area contributed by atoms with Crippen molar-refractivity contribution in [3.63, 3.8) is 0 Å². The van der Waals surface area contributed by atoms with Gasteiger partial charge < -0.3 is 10.1 Å². The molecule has 8 heteroatoms. The highest BCUT2D eigenvalue weighted by Crippen LogP contribution is 2.36. The second-order valence-electron chi connectivity index (χ2n) is 7.34. The van der Waals surface area contributed by atoms with Crippen LogP contribution in [0.2, 0.25) is 0 Å². The van der Waals surface area contributed by atoms with Crippen molar-refractivity contribution in [1.29, 1.82) is 0 Å². The van der Waals surface area contributed by atoms with Crippen molar-refractivity contribution in [3.05, 3.63) is 35.9 Å². The second-order valence-corrected chi connectivity index (χ2v) is 7.34. The van der Waals surface area contributed by atoms with Crippen LogP contribution in [0, 0.1) is 5.41 Å². The summed E-state index contributed by atoms with van der Waals surface area (Å²) < 4.78 is 48.0. The van der Waals surface area contributed by atoms with Crippen molar-refractivity contribution in [2.45, 2.75) is 44.6 Å². The van der Waals surface area contributed by atoms with Gasteiger partial charge in [0.2, 0.25) is 0 Å². The highest BCUT2D eigenvalue weighted by Gasteiger charge is 2.58. The van der Waals surface area contributed by atoms with Gasteiger partial charge in [-0.3, -0.25) is 9.63 Å². The van der Waals surface area contributed by atoms with E-state index < -0.39 is 48.7 Å². The number of benzene rings is 1. The Bertz CT molecular complexity index is 642. The summed E-state index contributed by atoms with van der Waals surface area (Å²) >= 11 is 0. The third kappa shape index (κ3) is 3.72. The molecule has 0 bridgehead atoms. The molecule has 2 aliphatic rings. The van der Waals surface area contributed by atoms with Gasteiger partial charge in [-0.25, -0.2) is 13.2 Å². The van der Waals surface area contributed by atoms with Crippen LogP contribution in [0.3, 0.4) is 0 Å². The fourth-order valence-electron chi connectivity index (χ4n) is 3.18. The number of nitrogens with one attached hydrogen (secondary N) is 1. The first-order chi connectivity index (χ1) is 12.2. The lowest BCUT2D eigenvalue weighted by Crippen LogP contribution is -2.50. The van der Waals surface area contributed by atoms with E-state index in [-0.39, 0.29) is 13.2 Å². The molecule has 0 unspecified atom stereocenters. The van der Waals surface area contributed by atoms with E-state index in [2.05, 4.69) is 5.32 Å². The van der Waals surface area contributed by atoms with Crippen molar-refractivity contribution in [2.75, 3.05) is 19.7 Å². The third-order valence-corrected chi connectivity index (χ3v) is 5.01. The van der Waals surface area contributed by atoms with Crippen LogP contribution in [-0.2, 0) is 21.0 Å². The smallest absolute Gasteiger partial charge is 0.314 e. The zero-order valence-corrected chi connectivity index (χ0v) is 14.8. The molecule has 26 heavy (non-hydrogen) atoms. The zero-order chi connectivity index (χ0) is 18.9. The Morgan fingerprint density at radius 3 is 2.81 bits per heavy atom. The van der Waals surface area contributed by atoms with Gasteiger partial charge >= 0.3 is 5.97 Å². The number of carbonyl (C=O) groups excluding carboxylic acids is 1. The standard InChI is InChI=1S/C18H23F3N2O3/c1-17(2,16(24)25-9-12-6-4-3-5-7-12)14(19)8-23-15-13(10-26-23)22-11-18(15,20)21/h3-7,13-15,22H,8-11H2,1-2H3/t13-,14-,15+/m1/s1. The molecular weight excluding hydrogens is 349 g/mol. The average Bonchev–Trinajstić information content (AvgIpc) is 3.15. The molecule has 0 spiro atoms. The van der Waals surface area contributed by atoms with Gasteiger partial charge in [0.15, 0.2) is 0 Å². The van der Waals surface area contributed by atoms with E-state index >= 15 is 0 Å². The maximum absolute atomic E-state index is 14.8. The summed E-state index contributed by atoms with van der Waals surface area (Å²) in [5.74, 6) is -3.72. The highest BCUT2D eigenvalue weighted by molar-refractivity contribution is 5.76. The Kier molecular flexibility index (Phi) is 5.28. The minimum absolute atomic E-state index is 0.0305. The summed E-state index contributed by atoms with van der Waals surface area (Å²) in [5, 5.41) is 3.66. The Labute approximate surface area is 150 Å². The zero-order valence-electron chi connectivity index (χ0n) is 14.8. The lowest BCUT2D eigenvalue weighted by molar-refractivity contribution is -0.195. The first-order valence-corrected chi connectivity index (χ1v) is 8.58. The topological polar surface area (TPSA) is 50.8 Å². The summed E-state index contributed by atoms with van der Waals surface area (Å²) in [7, 11) is 0. The molecule has 2 fully saturated rings. The Hall–Kier alpha value is -1.64. The lowest BCUT2D eigenvalue weighted by atomic mass is 9.87. The molecule has 0 aliphatic carbocycles. The minimum Gasteiger partial charge on any atom is -0.460 e. The molecule has 0 amide bonds. The van der Waals surface area contributed by atoms with Crippen LogP contribution in [0.15, 0.2) is 30.3 Å². The molecule has 0 aromatic heterocycles. The fourth-order valence-corrected chi connectivity index (χ4v) is 3.18. The molecule has 144 valence electrons. The molecule has 5 nitrogen and oxygen atoms in total. The molecule has 0 saturated carbocycles. The van der Waals surface area contributed by atoms with E-state index in [9.17, 15) is 18.0 Å². The largest absolute Gasteiger partial charge is 0.460 e. The monoisotopic (exact) mass is 372 g/mol. The van der Waals surface area contributed by atoms with E-state index in [0.717, 1.165) is 10.6 Å². The molecule has 1 aromatic rings. The normalized spacial score (nSPS) is 26.5. The highest BCUT2D eigenvalue weighted by atomic mass is 19.3. The summed E-state index contributed by atoms with van der Waals surface area (Å²) in [6.45, 7) is 2.02. The number of hydrogen-bond donors (Lipinski definition) is 1. The number of rotatable bonds is 6. The van der Waals surface area contributed by atoms with Crippen molar-refractivity contribution in [3.8, 4) is 0 Å². The number of nitrogens with zero attached hydrogens (tertiary/aromatic N) is 1. The predicted molar refractivity (Wildman–Crippen MR) is 88.1 cm³/mol. The predicted octanol–water partition coefficient (Wildman–Crippen LogP) is 2.32. The van der Waals surface area contributed by atoms with Crippen molar-refractivity contribution < 1.29 is 27.5 Å². The van der Waals surface area contributed by atoms with Crippen LogP contribution < -0.4 is 5.32 Å². The minimum atomic E-state index is -3.00. The Morgan fingerprint density at radius 1 is 1.42 bits per heavy atom. The number of fused-ring (bicyclic) bond motifs is 1. The molecule has 1 N–H and O–H groups in total. The van der Waals surface area contributed by atoms with Crippen LogP contribution in [0.25, 0.3) is 0 Å². The number of hydroxylamine groups is 2. The van der Waals surface area contributed by atoms with Gasteiger partial charge in [-0.1, -0.05) is 30.3 Å². The average molecular weight is 372 g/mol. The summed E-state index contributed by atoms with van der Waals surface area (Å²) in [6, 6.07) is 7.28. The van der Waals surface area contributed by atoms with Crippen molar-refractivity contribution in [1.82, 2.24) is 10.4 Å². The molecule has 3 rings (SSSR count). The Morgan fingerprint density at radius 2 is 2.12 bits per heavy atom. The molecule has 3 atom stereocenters. The van der Waals surface area contributed by atoms with E-state index in [1.165, 1.54) is 13.8 Å². The first kappa shape index (κ1) is 19.1. The van der Waals surface area contributed by atoms with Gasteiger partial charge in [-0.15, -0.1) is 0 Å². The maximum Gasteiger partial charge on any atom is 0.314 e. The molecule has 2 heterocycles. The van der Waals surface area contributed by atoms with Gasteiger partial charge in [0.1, 0.15) is 18.8 Å². The van der Waals surface area contributed by atoms with Gasteiger partial charge in [0, 0.05) is 0 Å². The molecule has 2 saturated heterocycles. The summed E-state index contributed by atoms with van der Waals surface area (Å²) in [5.41, 5.74) is -0.702. The van der Waals surface area contributed by atoms with Crippen LogP contribution >= 0.6 is 0 Å². The quantitative estimate of drug-likeness (QED) is 0.777. The van der Waals surface area contributed by atoms with E-state index in [0.29, 0.717) is 0 Å². The molecule has 0 radical (unpaired) electrons. The summed E-state index contributed by atoms with van der Waals surface area (Å²) in [4.78, 5) is 17.6. The SMILES string of the molecule is CC(C)(C(=O)OCc1ccccc1)[C@H](F)CN1OC[C@H]2NCC(F)(F)[C@H]21. The van der Waals surface area contributed by atoms with Crippen LogP contribution in [-0.4, -0.2) is 54.9 Å². The third-order valence-electron chi connectivity index (χ3n) is 5.01. The number of ether oxygens (including phenoxy) is 1.